The van der Waals surface area contributed by atoms with Crippen molar-refractivity contribution in [3.8, 4) is 0 Å². The molecule has 19 heavy (non-hydrogen) atoms. The molecule has 0 fully saturated rings. The van der Waals surface area contributed by atoms with E-state index < -0.39 is 0 Å². The predicted molar refractivity (Wildman–Crippen MR) is 79.2 cm³/mol. The molecule has 3 nitrogen and oxygen atoms in total. The van der Waals surface area contributed by atoms with E-state index in [1.807, 2.05) is 13.0 Å². The highest BCUT2D eigenvalue weighted by Gasteiger charge is 2.05. The molecule has 0 amide bonds. The number of para-hydroxylation sites is 1. The summed E-state index contributed by atoms with van der Waals surface area (Å²) in [5.41, 5.74) is 3.46. The average molecular weight is 258 g/mol. The van der Waals surface area contributed by atoms with Crippen LogP contribution in [0.4, 0.5) is 0 Å². The maximum atomic E-state index is 5.15. The lowest BCUT2D eigenvalue weighted by molar-refractivity contribution is 0.158. The smallest absolute Gasteiger partial charge is 0.0708 e. The second kappa shape index (κ2) is 6.64. The molecule has 1 unspecified atom stereocenters. The van der Waals surface area contributed by atoms with Crippen molar-refractivity contribution < 1.29 is 4.74 Å². The molecule has 0 aliphatic heterocycles. The van der Waals surface area contributed by atoms with Crippen molar-refractivity contribution in [1.82, 2.24) is 10.3 Å². The van der Waals surface area contributed by atoms with Crippen LogP contribution in [0.3, 0.4) is 0 Å². The summed E-state index contributed by atoms with van der Waals surface area (Å²) in [7, 11) is 1.75. The standard InChI is InChI=1S/C16H22N2O/c1-12(11-19-3)9-17-10-14-8-13(2)18-16-7-5-4-6-15(14)16/h4-8,12,17H,9-11H2,1-3H3. The molecule has 1 atom stereocenters. The second-order valence-corrected chi connectivity index (χ2v) is 5.13. The molecule has 2 aromatic rings. The van der Waals surface area contributed by atoms with E-state index in [4.69, 9.17) is 4.74 Å². The van der Waals surface area contributed by atoms with Crippen molar-refractivity contribution >= 4 is 10.9 Å². The fourth-order valence-corrected chi connectivity index (χ4v) is 2.34. The number of rotatable bonds is 6. The number of fused-ring (bicyclic) bond motifs is 1. The molecular formula is C16H22N2O. The van der Waals surface area contributed by atoms with Crippen LogP contribution in [0.2, 0.25) is 0 Å². The van der Waals surface area contributed by atoms with Crippen molar-refractivity contribution in [3.63, 3.8) is 0 Å². The first-order valence-corrected chi connectivity index (χ1v) is 6.75. The van der Waals surface area contributed by atoms with Crippen LogP contribution < -0.4 is 5.32 Å². The van der Waals surface area contributed by atoms with Gasteiger partial charge in [0, 0.05) is 37.9 Å². The summed E-state index contributed by atoms with van der Waals surface area (Å²) in [6.45, 7) is 6.86. The molecular weight excluding hydrogens is 236 g/mol. The zero-order valence-corrected chi connectivity index (χ0v) is 11.9. The molecule has 0 aliphatic rings. The minimum atomic E-state index is 0.527. The van der Waals surface area contributed by atoms with Gasteiger partial charge in [0.2, 0.25) is 0 Å². The van der Waals surface area contributed by atoms with Crippen LogP contribution in [0.15, 0.2) is 30.3 Å². The Morgan fingerprint density at radius 3 is 2.89 bits per heavy atom. The van der Waals surface area contributed by atoms with E-state index in [-0.39, 0.29) is 0 Å². The van der Waals surface area contributed by atoms with E-state index >= 15 is 0 Å². The quantitative estimate of drug-likeness (QED) is 0.865. The summed E-state index contributed by atoms with van der Waals surface area (Å²) in [6.07, 6.45) is 0. The van der Waals surface area contributed by atoms with Gasteiger partial charge in [-0.1, -0.05) is 25.1 Å². The third kappa shape index (κ3) is 3.75. The number of methoxy groups -OCH3 is 1. The Hall–Kier alpha value is -1.45. The maximum absolute atomic E-state index is 5.15. The lowest BCUT2D eigenvalue weighted by Crippen LogP contribution is -2.23. The molecule has 0 spiro atoms. The Morgan fingerprint density at radius 1 is 1.32 bits per heavy atom. The molecule has 0 saturated carbocycles. The second-order valence-electron chi connectivity index (χ2n) is 5.13. The van der Waals surface area contributed by atoms with Crippen LogP contribution in [-0.4, -0.2) is 25.2 Å². The van der Waals surface area contributed by atoms with Gasteiger partial charge in [-0.25, -0.2) is 0 Å². The number of hydrogen-bond acceptors (Lipinski definition) is 3. The predicted octanol–water partition coefficient (Wildman–Crippen LogP) is 2.92. The third-order valence-corrected chi connectivity index (χ3v) is 3.19. The molecule has 1 aromatic heterocycles. The van der Waals surface area contributed by atoms with Crippen molar-refractivity contribution in [3.05, 3.63) is 41.6 Å². The number of ether oxygens (including phenoxy) is 1. The van der Waals surface area contributed by atoms with Gasteiger partial charge in [0.05, 0.1) is 5.52 Å². The van der Waals surface area contributed by atoms with Gasteiger partial charge in [-0.05, 0) is 30.5 Å². The highest BCUT2D eigenvalue weighted by molar-refractivity contribution is 5.82. The van der Waals surface area contributed by atoms with Crippen LogP contribution in [0.5, 0.6) is 0 Å². The van der Waals surface area contributed by atoms with Crippen molar-refractivity contribution in [2.45, 2.75) is 20.4 Å². The summed E-state index contributed by atoms with van der Waals surface area (Å²) >= 11 is 0. The normalized spacial score (nSPS) is 12.8. The Kier molecular flexibility index (Phi) is 4.88. The molecule has 2 rings (SSSR count). The van der Waals surface area contributed by atoms with Gasteiger partial charge < -0.3 is 10.1 Å². The van der Waals surface area contributed by atoms with Crippen LogP contribution in [0.1, 0.15) is 18.2 Å². The van der Waals surface area contributed by atoms with E-state index in [0.29, 0.717) is 5.92 Å². The lowest BCUT2D eigenvalue weighted by Gasteiger charge is -2.13. The first kappa shape index (κ1) is 14.0. The van der Waals surface area contributed by atoms with Crippen molar-refractivity contribution in [2.75, 3.05) is 20.3 Å². The van der Waals surface area contributed by atoms with Crippen LogP contribution in [0.25, 0.3) is 10.9 Å². The molecule has 0 radical (unpaired) electrons. The monoisotopic (exact) mass is 258 g/mol. The zero-order valence-electron chi connectivity index (χ0n) is 11.9. The summed E-state index contributed by atoms with van der Waals surface area (Å²) in [5, 5.41) is 4.73. The number of benzene rings is 1. The molecule has 0 aliphatic carbocycles. The molecule has 1 aromatic carbocycles. The molecule has 0 saturated heterocycles. The van der Waals surface area contributed by atoms with Gasteiger partial charge in [-0.3, -0.25) is 4.98 Å². The molecule has 1 N–H and O–H groups in total. The fourth-order valence-electron chi connectivity index (χ4n) is 2.34. The fraction of sp³-hybridized carbons (Fsp3) is 0.438. The highest BCUT2D eigenvalue weighted by atomic mass is 16.5. The Balaban J connectivity index is 2.08. The largest absolute Gasteiger partial charge is 0.384 e. The van der Waals surface area contributed by atoms with E-state index in [2.05, 4.69) is 41.5 Å². The minimum Gasteiger partial charge on any atom is -0.384 e. The average Bonchev–Trinajstić information content (AvgIpc) is 2.38. The third-order valence-electron chi connectivity index (χ3n) is 3.19. The number of nitrogens with zero attached hydrogens (tertiary/aromatic N) is 1. The van der Waals surface area contributed by atoms with Gasteiger partial charge >= 0.3 is 0 Å². The van der Waals surface area contributed by atoms with Crippen LogP contribution in [0, 0.1) is 12.8 Å². The summed E-state index contributed by atoms with van der Waals surface area (Å²) in [5.74, 6) is 0.527. The van der Waals surface area contributed by atoms with Gasteiger partial charge in [0.15, 0.2) is 0 Å². The number of aromatic nitrogens is 1. The number of aryl methyl sites for hydroxylation is 1. The Bertz CT molecular complexity index is 539. The SMILES string of the molecule is COCC(C)CNCc1cc(C)nc2ccccc12. The van der Waals surface area contributed by atoms with Crippen molar-refractivity contribution in [1.29, 1.82) is 0 Å². The lowest BCUT2D eigenvalue weighted by atomic mass is 10.1. The summed E-state index contributed by atoms with van der Waals surface area (Å²) in [4.78, 5) is 4.56. The Labute approximate surface area is 115 Å². The van der Waals surface area contributed by atoms with E-state index in [1.165, 1.54) is 10.9 Å². The summed E-state index contributed by atoms with van der Waals surface area (Å²) in [6, 6.07) is 10.5. The Morgan fingerprint density at radius 2 is 2.11 bits per heavy atom. The topological polar surface area (TPSA) is 34.1 Å². The van der Waals surface area contributed by atoms with Gasteiger partial charge in [-0.2, -0.15) is 0 Å². The van der Waals surface area contributed by atoms with Crippen molar-refractivity contribution in [2.24, 2.45) is 5.92 Å². The summed E-state index contributed by atoms with van der Waals surface area (Å²) < 4.78 is 5.15. The first-order chi connectivity index (χ1) is 9.20. The molecule has 1 heterocycles. The number of hydrogen-bond donors (Lipinski definition) is 1. The first-order valence-electron chi connectivity index (χ1n) is 6.75. The highest BCUT2D eigenvalue weighted by Crippen LogP contribution is 2.17. The zero-order chi connectivity index (χ0) is 13.7. The van der Waals surface area contributed by atoms with Gasteiger partial charge in [-0.15, -0.1) is 0 Å². The van der Waals surface area contributed by atoms with E-state index in [1.54, 1.807) is 7.11 Å². The number of nitrogens with one attached hydrogen (secondary N) is 1. The van der Waals surface area contributed by atoms with E-state index in [0.717, 1.165) is 30.9 Å². The van der Waals surface area contributed by atoms with Crippen LogP contribution in [-0.2, 0) is 11.3 Å². The number of pyridine rings is 1. The van der Waals surface area contributed by atoms with Crippen LogP contribution >= 0.6 is 0 Å². The van der Waals surface area contributed by atoms with E-state index in [9.17, 15) is 0 Å². The van der Waals surface area contributed by atoms with Gasteiger partial charge in [0.1, 0.15) is 0 Å². The minimum absolute atomic E-state index is 0.527. The van der Waals surface area contributed by atoms with Gasteiger partial charge in [0.25, 0.3) is 0 Å². The maximum Gasteiger partial charge on any atom is 0.0708 e. The molecule has 0 bridgehead atoms. The molecule has 3 heteroatoms. The molecule has 102 valence electrons.